The molecular formula is C12H23N3. The Morgan fingerprint density at radius 1 is 1.47 bits per heavy atom. The van der Waals surface area contributed by atoms with Crippen LogP contribution < -0.4 is 0 Å². The van der Waals surface area contributed by atoms with E-state index in [1.54, 1.807) is 6.21 Å². The van der Waals surface area contributed by atoms with E-state index in [-0.39, 0.29) is 0 Å². The normalized spacial score (nSPS) is 17.6. The molecule has 0 aromatic carbocycles. The molecule has 0 amide bonds. The lowest BCUT2D eigenvalue weighted by Gasteiger charge is -2.26. The summed E-state index contributed by atoms with van der Waals surface area (Å²) in [5, 5.41) is 7.29. The van der Waals surface area contributed by atoms with E-state index in [1.165, 1.54) is 6.21 Å². The van der Waals surface area contributed by atoms with E-state index < -0.39 is 0 Å². The van der Waals surface area contributed by atoms with Crippen LogP contribution in [-0.2, 0) is 0 Å². The van der Waals surface area contributed by atoms with Gasteiger partial charge in [0.1, 0.15) is 0 Å². The Kier molecular flexibility index (Phi) is 7.82. The lowest BCUT2D eigenvalue weighted by Crippen LogP contribution is -2.31. The quantitative estimate of drug-likeness (QED) is 0.713. The van der Waals surface area contributed by atoms with E-state index in [2.05, 4.69) is 16.8 Å². The van der Waals surface area contributed by atoms with E-state index in [0.29, 0.717) is 0 Å². The number of aliphatic imine (C=N–C) groups is 1. The lowest BCUT2D eigenvalue weighted by molar-refractivity contribution is 0.305. The Morgan fingerprint density at radius 2 is 2.13 bits per heavy atom. The highest BCUT2D eigenvalue weighted by molar-refractivity contribution is 5.78. The highest BCUT2D eigenvalue weighted by Crippen LogP contribution is 2.16. The number of rotatable bonds is 3. The maximum atomic E-state index is 7.29. The van der Waals surface area contributed by atoms with Gasteiger partial charge in [0.2, 0.25) is 0 Å². The third-order valence-corrected chi connectivity index (χ3v) is 2.34. The second-order valence-electron chi connectivity index (χ2n) is 3.12. The van der Waals surface area contributed by atoms with Gasteiger partial charge in [-0.25, -0.2) is 0 Å². The summed E-state index contributed by atoms with van der Waals surface area (Å²) in [6.45, 7) is 11.1. The zero-order chi connectivity index (χ0) is 11.7. The minimum Gasteiger partial charge on any atom is -0.308 e. The van der Waals surface area contributed by atoms with Gasteiger partial charge < -0.3 is 5.41 Å². The van der Waals surface area contributed by atoms with Crippen molar-refractivity contribution in [3.63, 3.8) is 0 Å². The van der Waals surface area contributed by atoms with Gasteiger partial charge in [-0.05, 0) is 13.5 Å². The predicted octanol–water partition coefficient (Wildman–Crippen LogP) is 2.73. The van der Waals surface area contributed by atoms with Crippen LogP contribution in [0.3, 0.4) is 0 Å². The molecule has 3 nitrogen and oxygen atoms in total. The standard InChI is InChI=1S/C10H17N3.C2H6/c1-3-12-10-5-6-13(4-2)8-9(10)7-11;1-2/h3,7,11H,4-6,8H2,1-2H3;1-2H3. The second-order valence-corrected chi connectivity index (χ2v) is 3.12. The van der Waals surface area contributed by atoms with Gasteiger partial charge in [-0.3, -0.25) is 9.89 Å². The summed E-state index contributed by atoms with van der Waals surface area (Å²) < 4.78 is 0. The van der Waals surface area contributed by atoms with E-state index >= 15 is 0 Å². The molecule has 1 aliphatic heterocycles. The Hall–Kier alpha value is -0.960. The third-order valence-electron chi connectivity index (χ3n) is 2.34. The van der Waals surface area contributed by atoms with Crippen molar-refractivity contribution >= 4 is 12.4 Å². The Bertz CT molecular complexity index is 241. The molecular weight excluding hydrogens is 186 g/mol. The van der Waals surface area contributed by atoms with Crippen LogP contribution in [0.1, 0.15) is 34.1 Å². The van der Waals surface area contributed by atoms with Gasteiger partial charge in [0.25, 0.3) is 0 Å². The first-order valence-corrected chi connectivity index (χ1v) is 5.75. The summed E-state index contributed by atoms with van der Waals surface area (Å²) in [5.41, 5.74) is 2.15. The van der Waals surface area contributed by atoms with Crippen molar-refractivity contribution in [1.29, 1.82) is 5.41 Å². The molecule has 1 N–H and O–H groups in total. The van der Waals surface area contributed by atoms with Crippen LogP contribution in [0.15, 0.2) is 16.3 Å². The number of nitrogens with one attached hydrogen (secondary N) is 1. The molecule has 0 bridgehead atoms. The molecule has 15 heavy (non-hydrogen) atoms. The van der Waals surface area contributed by atoms with Crippen LogP contribution in [0.25, 0.3) is 0 Å². The summed E-state index contributed by atoms with van der Waals surface area (Å²) in [4.78, 5) is 6.61. The maximum Gasteiger partial charge on any atom is 0.0472 e. The minimum absolute atomic E-state index is 0.882. The van der Waals surface area contributed by atoms with E-state index in [4.69, 9.17) is 5.41 Å². The van der Waals surface area contributed by atoms with E-state index in [0.717, 1.165) is 37.3 Å². The summed E-state index contributed by atoms with van der Waals surface area (Å²) in [6, 6.07) is 0. The van der Waals surface area contributed by atoms with Crippen molar-refractivity contribution < 1.29 is 0 Å². The predicted molar refractivity (Wildman–Crippen MR) is 68.1 cm³/mol. The molecule has 0 aromatic rings. The zero-order valence-corrected chi connectivity index (χ0v) is 10.4. The number of hydrogen-bond donors (Lipinski definition) is 1. The van der Waals surface area contributed by atoms with Crippen molar-refractivity contribution in [2.45, 2.75) is 34.1 Å². The molecule has 0 fully saturated rings. The van der Waals surface area contributed by atoms with Gasteiger partial charge in [0.15, 0.2) is 0 Å². The van der Waals surface area contributed by atoms with Crippen LogP contribution >= 0.6 is 0 Å². The Labute approximate surface area is 93.4 Å². The summed E-state index contributed by atoms with van der Waals surface area (Å²) >= 11 is 0. The zero-order valence-electron chi connectivity index (χ0n) is 10.4. The van der Waals surface area contributed by atoms with Crippen LogP contribution in [0.5, 0.6) is 0 Å². The summed E-state index contributed by atoms with van der Waals surface area (Å²) in [7, 11) is 0. The molecule has 0 saturated heterocycles. The first kappa shape index (κ1) is 14.0. The van der Waals surface area contributed by atoms with Crippen molar-refractivity contribution in [1.82, 2.24) is 4.90 Å². The molecule has 0 saturated carbocycles. The first-order valence-electron chi connectivity index (χ1n) is 5.75. The molecule has 0 spiro atoms. The van der Waals surface area contributed by atoms with Crippen LogP contribution in [-0.4, -0.2) is 37.0 Å². The number of likely N-dealkylation sites (N-methyl/N-ethyl adjacent to an activating group) is 1. The average molecular weight is 209 g/mol. The number of nitrogens with zero attached hydrogens (tertiary/aromatic N) is 2. The maximum absolute atomic E-state index is 7.29. The van der Waals surface area contributed by atoms with Gasteiger partial charge in [0.05, 0.1) is 0 Å². The molecule has 0 radical (unpaired) electrons. The van der Waals surface area contributed by atoms with Gasteiger partial charge >= 0.3 is 0 Å². The monoisotopic (exact) mass is 209 g/mol. The topological polar surface area (TPSA) is 39.5 Å². The molecule has 1 aliphatic rings. The van der Waals surface area contributed by atoms with Gasteiger partial charge in [-0.2, -0.15) is 0 Å². The highest BCUT2D eigenvalue weighted by Gasteiger charge is 2.15. The second kappa shape index (κ2) is 8.36. The molecule has 0 aliphatic carbocycles. The van der Waals surface area contributed by atoms with Crippen LogP contribution in [0.2, 0.25) is 0 Å². The molecule has 86 valence electrons. The smallest absolute Gasteiger partial charge is 0.0472 e. The fourth-order valence-electron chi connectivity index (χ4n) is 1.54. The molecule has 0 atom stereocenters. The molecule has 1 rings (SSSR count). The number of hydrogen-bond acceptors (Lipinski definition) is 3. The van der Waals surface area contributed by atoms with E-state index in [1.807, 2.05) is 20.8 Å². The fraction of sp³-hybridized carbons (Fsp3) is 0.667. The van der Waals surface area contributed by atoms with Crippen LogP contribution in [0.4, 0.5) is 0 Å². The molecule has 0 aromatic heterocycles. The van der Waals surface area contributed by atoms with Crippen molar-refractivity contribution in [2.24, 2.45) is 4.99 Å². The average Bonchev–Trinajstić information content (AvgIpc) is 2.32. The summed E-state index contributed by atoms with van der Waals surface area (Å²) in [6.07, 6.45) is 4.22. The Balaban J connectivity index is 0.000000921. The minimum atomic E-state index is 0.882. The van der Waals surface area contributed by atoms with Crippen molar-refractivity contribution in [3.8, 4) is 0 Å². The third kappa shape index (κ3) is 4.38. The molecule has 3 heteroatoms. The van der Waals surface area contributed by atoms with Crippen molar-refractivity contribution in [3.05, 3.63) is 11.3 Å². The largest absolute Gasteiger partial charge is 0.308 e. The SMILES string of the molecule is CC.CC=NC1=C(C=N)CN(CC)CC1. The summed E-state index contributed by atoms with van der Waals surface area (Å²) in [5.74, 6) is 0. The van der Waals surface area contributed by atoms with Gasteiger partial charge in [-0.15, -0.1) is 0 Å². The lowest BCUT2D eigenvalue weighted by atomic mass is 10.1. The van der Waals surface area contributed by atoms with Gasteiger partial charge in [-0.1, -0.05) is 20.8 Å². The highest BCUT2D eigenvalue weighted by atomic mass is 15.1. The molecule has 0 unspecified atom stereocenters. The van der Waals surface area contributed by atoms with Crippen molar-refractivity contribution in [2.75, 3.05) is 19.6 Å². The van der Waals surface area contributed by atoms with E-state index in [9.17, 15) is 0 Å². The van der Waals surface area contributed by atoms with Crippen LogP contribution in [0, 0.1) is 5.41 Å². The Morgan fingerprint density at radius 3 is 2.60 bits per heavy atom. The first-order chi connectivity index (χ1) is 7.31. The fourth-order valence-corrected chi connectivity index (χ4v) is 1.54. The van der Waals surface area contributed by atoms with Gasteiger partial charge in [0, 0.05) is 43.2 Å². The molecule has 1 heterocycles.